The zero-order valence-corrected chi connectivity index (χ0v) is 14.6. The van der Waals surface area contributed by atoms with E-state index < -0.39 is 5.97 Å². The molecule has 6 heteroatoms. The lowest BCUT2D eigenvalue weighted by Gasteiger charge is -2.10. The van der Waals surface area contributed by atoms with Crippen LogP contribution in [-0.4, -0.2) is 25.3 Å². The molecule has 3 rings (SSSR count). The first-order valence-electron chi connectivity index (χ1n) is 8.24. The maximum absolute atomic E-state index is 12.2. The number of fused-ring (bicyclic) bond motifs is 1. The summed E-state index contributed by atoms with van der Waals surface area (Å²) in [5.74, 6) is 0.646. The highest BCUT2D eigenvalue weighted by molar-refractivity contribution is 6.03. The molecule has 0 aromatic heterocycles. The lowest BCUT2D eigenvalue weighted by Crippen LogP contribution is -2.12. The van der Waals surface area contributed by atoms with E-state index in [-0.39, 0.29) is 12.7 Å². The Labute approximate surface area is 151 Å². The molecule has 0 fully saturated rings. The molecular weight excluding hydrogens is 334 g/mol. The second kappa shape index (κ2) is 7.74. The summed E-state index contributed by atoms with van der Waals surface area (Å²) in [6.45, 7) is 4.02. The van der Waals surface area contributed by atoms with Gasteiger partial charge in [-0.3, -0.25) is 4.79 Å². The first kappa shape index (κ1) is 17.5. The Kier molecular flexibility index (Phi) is 5.22. The van der Waals surface area contributed by atoms with E-state index in [1.165, 1.54) is 6.08 Å². The Hall–Kier alpha value is -3.28. The van der Waals surface area contributed by atoms with Gasteiger partial charge in [0.2, 0.25) is 12.7 Å². The van der Waals surface area contributed by atoms with Gasteiger partial charge in [-0.15, -0.1) is 0 Å². The second-order valence-electron chi connectivity index (χ2n) is 5.63. The number of amides is 1. The fourth-order valence-corrected chi connectivity index (χ4v) is 2.56. The van der Waals surface area contributed by atoms with E-state index in [4.69, 9.17) is 14.2 Å². The molecule has 134 valence electrons. The summed E-state index contributed by atoms with van der Waals surface area (Å²) >= 11 is 0. The number of hydrogen-bond acceptors (Lipinski definition) is 5. The van der Waals surface area contributed by atoms with Crippen LogP contribution in [0.1, 0.15) is 28.4 Å². The molecule has 1 amide bonds. The van der Waals surface area contributed by atoms with Crippen LogP contribution < -0.4 is 14.8 Å². The molecule has 0 unspecified atom stereocenters. The fraction of sp³-hybridized carbons (Fsp3) is 0.200. The Morgan fingerprint density at radius 2 is 2.00 bits per heavy atom. The van der Waals surface area contributed by atoms with Crippen molar-refractivity contribution in [2.24, 2.45) is 0 Å². The zero-order chi connectivity index (χ0) is 18.5. The number of carbonyl (C=O) groups excluding carboxylic acids is 2. The summed E-state index contributed by atoms with van der Waals surface area (Å²) in [7, 11) is 0. The fourth-order valence-electron chi connectivity index (χ4n) is 2.56. The van der Waals surface area contributed by atoms with Crippen LogP contribution >= 0.6 is 0 Å². The molecule has 0 spiro atoms. The number of ether oxygens (including phenoxy) is 3. The van der Waals surface area contributed by atoms with Crippen LogP contribution in [0.25, 0.3) is 6.08 Å². The van der Waals surface area contributed by atoms with Crippen molar-refractivity contribution in [1.29, 1.82) is 0 Å². The van der Waals surface area contributed by atoms with Crippen molar-refractivity contribution in [3.8, 4) is 11.5 Å². The molecule has 1 heterocycles. The Balaban J connectivity index is 1.70. The Morgan fingerprint density at radius 1 is 1.19 bits per heavy atom. The average molecular weight is 353 g/mol. The SMILES string of the molecule is CCOC(=O)c1cccc(NC(=O)/C=C/c2ccc3c(c2)OCO3)c1C. The van der Waals surface area contributed by atoms with Crippen LogP contribution in [-0.2, 0) is 9.53 Å². The molecule has 0 radical (unpaired) electrons. The maximum Gasteiger partial charge on any atom is 0.338 e. The van der Waals surface area contributed by atoms with Gasteiger partial charge in [-0.05, 0) is 55.3 Å². The van der Waals surface area contributed by atoms with Gasteiger partial charge in [0.15, 0.2) is 11.5 Å². The molecule has 1 aliphatic heterocycles. The van der Waals surface area contributed by atoms with Crippen molar-refractivity contribution in [3.63, 3.8) is 0 Å². The molecule has 0 saturated carbocycles. The van der Waals surface area contributed by atoms with Crippen molar-refractivity contribution < 1.29 is 23.8 Å². The summed E-state index contributed by atoms with van der Waals surface area (Å²) in [6, 6.07) is 10.6. The molecule has 0 aliphatic carbocycles. The predicted octanol–water partition coefficient (Wildman–Crippen LogP) is 3.55. The molecule has 0 bridgehead atoms. The van der Waals surface area contributed by atoms with E-state index in [9.17, 15) is 9.59 Å². The third-order valence-electron chi connectivity index (χ3n) is 3.91. The van der Waals surface area contributed by atoms with E-state index >= 15 is 0 Å². The summed E-state index contributed by atoms with van der Waals surface area (Å²) in [4.78, 5) is 24.1. The minimum atomic E-state index is -0.406. The van der Waals surface area contributed by atoms with Gasteiger partial charge in [-0.25, -0.2) is 4.79 Å². The Bertz CT molecular complexity index is 873. The molecule has 1 N–H and O–H groups in total. The smallest absolute Gasteiger partial charge is 0.338 e. The zero-order valence-electron chi connectivity index (χ0n) is 14.6. The average Bonchev–Trinajstić information content (AvgIpc) is 3.09. The third-order valence-corrected chi connectivity index (χ3v) is 3.91. The van der Waals surface area contributed by atoms with E-state index in [1.54, 1.807) is 50.3 Å². The monoisotopic (exact) mass is 353 g/mol. The third kappa shape index (κ3) is 3.85. The molecular formula is C20H19NO5. The lowest BCUT2D eigenvalue weighted by molar-refractivity contribution is -0.111. The number of carbonyl (C=O) groups is 2. The molecule has 0 saturated heterocycles. The van der Waals surface area contributed by atoms with Crippen LogP contribution in [0, 0.1) is 6.92 Å². The van der Waals surface area contributed by atoms with Gasteiger partial charge in [0, 0.05) is 11.8 Å². The highest BCUT2D eigenvalue weighted by Crippen LogP contribution is 2.32. The largest absolute Gasteiger partial charge is 0.462 e. The second-order valence-corrected chi connectivity index (χ2v) is 5.63. The van der Waals surface area contributed by atoms with Gasteiger partial charge < -0.3 is 19.5 Å². The first-order chi connectivity index (χ1) is 12.6. The Morgan fingerprint density at radius 3 is 2.81 bits per heavy atom. The minimum Gasteiger partial charge on any atom is -0.462 e. The van der Waals surface area contributed by atoms with E-state index in [0.717, 1.165) is 5.56 Å². The summed E-state index contributed by atoms with van der Waals surface area (Å²) < 4.78 is 15.6. The first-order valence-corrected chi connectivity index (χ1v) is 8.24. The minimum absolute atomic E-state index is 0.207. The van der Waals surface area contributed by atoms with Gasteiger partial charge in [-0.2, -0.15) is 0 Å². The molecule has 26 heavy (non-hydrogen) atoms. The van der Waals surface area contributed by atoms with Crippen LogP contribution in [0.3, 0.4) is 0 Å². The van der Waals surface area contributed by atoms with Gasteiger partial charge in [-0.1, -0.05) is 12.1 Å². The van der Waals surface area contributed by atoms with Gasteiger partial charge in [0.25, 0.3) is 0 Å². The molecule has 2 aromatic rings. The number of esters is 1. The molecule has 0 atom stereocenters. The van der Waals surface area contributed by atoms with Crippen molar-refractivity contribution in [1.82, 2.24) is 0 Å². The van der Waals surface area contributed by atoms with Crippen LogP contribution in [0.15, 0.2) is 42.5 Å². The van der Waals surface area contributed by atoms with Crippen molar-refractivity contribution in [2.75, 3.05) is 18.7 Å². The van der Waals surface area contributed by atoms with Gasteiger partial charge in [0.1, 0.15) is 0 Å². The number of hydrogen-bond donors (Lipinski definition) is 1. The van der Waals surface area contributed by atoms with E-state index in [2.05, 4.69) is 5.32 Å². The van der Waals surface area contributed by atoms with Crippen molar-refractivity contribution in [3.05, 3.63) is 59.2 Å². The molecule has 6 nitrogen and oxygen atoms in total. The summed E-state index contributed by atoms with van der Waals surface area (Å²) in [5.41, 5.74) is 2.48. The quantitative estimate of drug-likeness (QED) is 0.657. The number of rotatable bonds is 5. The normalized spacial score (nSPS) is 12.2. The maximum atomic E-state index is 12.2. The number of anilines is 1. The standard InChI is InChI=1S/C20H19NO5/c1-3-24-20(23)15-5-4-6-16(13(15)2)21-19(22)10-8-14-7-9-17-18(11-14)26-12-25-17/h4-11H,3,12H2,1-2H3,(H,21,22)/b10-8+. The van der Waals surface area contributed by atoms with Crippen molar-refractivity contribution in [2.45, 2.75) is 13.8 Å². The molecule has 1 aliphatic rings. The van der Waals surface area contributed by atoms with E-state index in [0.29, 0.717) is 34.9 Å². The number of nitrogens with one attached hydrogen (secondary N) is 1. The van der Waals surface area contributed by atoms with E-state index in [1.807, 2.05) is 6.07 Å². The van der Waals surface area contributed by atoms with Gasteiger partial charge in [0.05, 0.1) is 12.2 Å². The van der Waals surface area contributed by atoms with Crippen LogP contribution in [0.2, 0.25) is 0 Å². The van der Waals surface area contributed by atoms with Crippen LogP contribution in [0.4, 0.5) is 5.69 Å². The summed E-state index contributed by atoms with van der Waals surface area (Å²) in [6.07, 6.45) is 3.11. The highest BCUT2D eigenvalue weighted by Gasteiger charge is 2.14. The predicted molar refractivity (Wildman–Crippen MR) is 97.4 cm³/mol. The lowest BCUT2D eigenvalue weighted by atomic mass is 10.1. The molecule has 2 aromatic carbocycles. The summed E-state index contributed by atoms with van der Waals surface area (Å²) in [5, 5.41) is 2.78. The van der Waals surface area contributed by atoms with Gasteiger partial charge >= 0.3 is 5.97 Å². The van der Waals surface area contributed by atoms with Crippen molar-refractivity contribution >= 4 is 23.6 Å². The number of benzene rings is 2. The highest BCUT2D eigenvalue weighted by atomic mass is 16.7. The van der Waals surface area contributed by atoms with Crippen LogP contribution in [0.5, 0.6) is 11.5 Å². The topological polar surface area (TPSA) is 73.9 Å².